The number of hydrogen-bond acceptors (Lipinski definition) is 4. The van der Waals surface area contributed by atoms with E-state index in [0.29, 0.717) is 5.92 Å². The van der Waals surface area contributed by atoms with E-state index < -0.39 is 0 Å². The summed E-state index contributed by atoms with van der Waals surface area (Å²) < 4.78 is 1.90. The minimum absolute atomic E-state index is 0.133. The van der Waals surface area contributed by atoms with Crippen molar-refractivity contribution in [3.63, 3.8) is 0 Å². The van der Waals surface area contributed by atoms with Gasteiger partial charge in [-0.15, -0.1) is 0 Å². The summed E-state index contributed by atoms with van der Waals surface area (Å²) in [6.07, 6.45) is 0.918. The zero-order valence-corrected chi connectivity index (χ0v) is 15.8. The molecule has 0 saturated carbocycles. The third-order valence-corrected chi connectivity index (χ3v) is 5.47. The lowest BCUT2D eigenvalue weighted by Gasteiger charge is -2.31. The fourth-order valence-electron chi connectivity index (χ4n) is 3.62. The van der Waals surface area contributed by atoms with Crippen LogP contribution < -0.4 is 5.32 Å². The molecule has 26 heavy (non-hydrogen) atoms. The van der Waals surface area contributed by atoms with E-state index in [1.54, 1.807) is 0 Å². The quantitative estimate of drug-likeness (QED) is 0.754. The Kier molecular flexibility index (Phi) is 4.23. The normalized spacial score (nSPS) is 19.3. The molecule has 1 aliphatic heterocycles. The second-order valence-corrected chi connectivity index (χ2v) is 7.56. The molecule has 5 nitrogen and oxygen atoms in total. The Morgan fingerprint density at radius 2 is 1.73 bits per heavy atom. The number of benzene rings is 2. The van der Waals surface area contributed by atoms with Gasteiger partial charge >= 0.3 is 0 Å². The molecule has 2 heterocycles. The molecule has 1 aliphatic rings. The minimum Gasteiger partial charge on any atom is -0.346 e. The van der Waals surface area contributed by atoms with Gasteiger partial charge in [0.25, 0.3) is 0 Å². The summed E-state index contributed by atoms with van der Waals surface area (Å²) in [6.45, 7) is 8.74. The largest absolute Gasteiger partial charge is 0.346 e. The number of aryl methyl sites for hydroxylation is 2. The highest BCUT2D eigenvalue weighted by molar-refractivity contribution is 5.40. The first kappa shape index (κ1) is 16.8. The second kappa shape index (κ2) is 6.56. The number of anilines is 1. The molecule has 2 aromatic carbocycles. The Labute approximate surface area is 154 Å². The summed E-state index contributed by atoms with van der Waals surface area (Å²) in [4.78, 5) is 0. The van der Waals surface area contributed by atoms with Gasteiger partial charge in [0.1, 0.15) is 0 Å². The molecule has 3 aromatic rings. The zero-order valence-electron chi connectivity index (χ0n) is 15.8. The zero-order chi connectivity index (χ0) is 18.3. The average molecular weight is 347 g/mol. The Balaban J connectivity index is 1.69. The highest BCUT2D eigenvalue weighted by atomic mass is 15.6. The topological polar surface area (TPSA) is 55.6 Å². The molecular weight excluding hydrogens is 322 g/mol. The standard InChI is InChI=1S/C21H25N5/c1-13(2)16-7-9-17(10-8-16)20-12-19(22-21-23-24-25-26(20)21)18-6-5-14(3)15(4)11-18/h5-11,13,19-20H,12H2,1-4H3,(H,22,23,25). The number of nitrogens with zero attached hydrogens (tertiary/aromatic N) is 4. The number of nitrogens with one attached hydrogen (secondary N) is 1. The molecule has 0 bridgehead atoms. The van der Waals surface area contributed by atoms with E-state index >= 15 is 0 Å². The Hall–Kier alpha value is -2.69. The van der Waals surface area contributed by atoms with Crippen LogP contribution in [-0.2, 0) is 0 Å². The molecule has 0 fully saturated rings. The maximum Gasteiger partial charge on any atom is 0.243 e. The first-order chi connectivity index (χ1) is 12.5. The van der Waals surface area contributed by atoms with Gasteiger partial charge < -0.3 is 5.32 Å². The van der Waals surface area contributed by atoms with Crippen LogP contribution in [0.2, 0.25) is 0 Å². The van der Waals surface area contributed by atoms with E-state index in [-0.39, 0.29) is 12.1 Å². The molecule has 2 atom stereocenters. The van der Waals surface area contributed by atoms with E-state index in [0.717, 1.165) is 12.4 Å². The van der Waals surface area contributed by atoms with Gasteiger partial charge in [0.05, 0.1) is 12.1 Å². The maximum absolute atomic E-state index is 4.22. The first-order valence-electron chi connectivity index (χ1n) is 9.24. The van der Waals surface area contributed by atoms with Crippen molar-refractivity contribution in [1.29, 1.82) is 0 Å². The number of hydrogen-bond donors (Lipinski definition) is 1. The molecule has 1 aromatic heterocycles. The summed E-state index contributed by atoms with van der Waals surface area (Å²) >= 11 is 0. The highest BCUT2D eigenvalue weighted by Gasteiger charge is 2.30. The van der Waals surface area contributed by atoms with Crippen molar-refractivity contribution >= 4 is 5.95 Å². The lowest BCUT2D eigenvalue weighted by molar-refractivity contribution is 0.423. The SMILES string of the molecule is Cc1ccc(C2CC(c3ccc(C(C)C)cc3)n3nnnc3N2)cc1C. The third kappa shape index (κ3) is 2.98. The maximum atomic E-state index is 4.22. The molecule has 0 aliphatic carbocycles. The minimum atomic E-state index is 0.133. The lowest BCUT2D eigenvalue weighted by atomic mass is 9.91. The molecule has 2 unspecified atom stereocenters. The fraction of sp³-hybridized carbons (Fsp3) is 0.381. The van der Waals surface area contributed by atoms with E-state index in [2.05, 4.69) is 91.0 Å². The van der Waals surface area contributed by atoms with Crippen LogP contribution >= 0.6 is 0 Å². The van der Waals surface area contributed by atoms with Crippen molar-refractivity contribution in [3.8, 4) is 0 Å². The summed E-state index contributed by atoms with van der Waals surface area (Å²) in [5.74, 6) is 1.27. The molecule has 1 N–H and O–H groups in total. The van der Waals surface area contributed by atoms with E-state index in [4.69, 9.17) is 0 Å². The molecular formula is C21H25N5. The van der Waals surface area contributed by atoms with Crippen molar-refractivity contribution in [2.24, 2.45) is 0 Å². The smallest absolute Gasteiger partial charge is 0.243 e. The van der Waals surface area contributed by atoms with Crippen LogP contribution in [0, 0.1) is 13.8 Å². The Bertz CT molecular complexity index is 910. The van der Waals surface area contributed by atoms with Gasteiger partial charge in [-0.05, 0) is 64.4 Å². The Morgan fingerprint density at radius 3 is 2.42 bits per heavy atom. The van der Waals surface area contributed by atoms with Crippen LogP contribution in [0.3, 0.4) is 0 Å². The van der Waals surface area contributed by atoms with Gasteiger partial charge in [-0.3, -0.25) is 0 Å². The Morgan fingerprint density at radius 1 is 1.00 bits per heavy atom. The van der Waals surface area contributed by atoms with Crippen molar-refractivity contribution in [2.45, 2.75) is 52.1 Å². The number of aromatic nitrogens is 4. The van der Waals surface area contributed by atoms with Crippen LogP contribution in [0.4, 0.5) is 5.95 Å². The van der Waals surface area contributed by atoms with Gasteiger partial charge in [0, 0.05) is 0 Å². The molecule has 0 radical (unpaired) electrons. The summed E-state index contributed by atoms with van der Waals surface area (Å²) in [5.41, 5.74) is 6.51. The monoisotopic (exact) mass is 347 g/mol. The summed E-state index contributed by atoms with van der Waals surface area (Å²) in [7, 11) is 0. The van der Waals surface area contributed by atoms with Gasteiger partial charge in [0.2, 0.25) is 5.95 Å². The van der Waals surface area contributed by atoms with Crippen molar-refractivity contribution in [2.75, 3.05) is 5.32 Å². The van der Waals surface area contributed by atoms with Gasteiger partial charge in [0.15, 0.2) is 0 Å². The predicted octanol–water partition coefficient (Wildman–Crippen LogP) is 4.56. The van der Waals surface area contributed by atoms with Crippen LogP contribution in [0.5, 0.6) is 0 Å². The second-order valence-electron chi connectivity index (χ2n) is 7.56. The third-order valence-electron chi connectivity index (χ3n) is 5.47. The highest BCUT2D eigenvalue weighted by Crippen LogP contribution is 2.37. The van der Waals surface area contributed by atoms with Crippen molar-refractivity contribution < 1.29 is 0 Å². The molecule has 4 rings (SSSR count). The van der Waals surface area contributed by atoms with Crippen LogP contribution in [0.1, 0.15) is 66.1 Å². The summed E-state index contributed by atoms with van der Waals surface area (Å²) in [6, 6.07) is 15.9. The molecule has 0 saturated heterocycles. The number of fused-ring (bicyclic) bond motifs is 1. The average Bonchev–Trinajstić information content (AvgIpc) is 3.12. The van der Waals surface area contributed by atoms with Crippen LogP contribution in [0.15, 0.2) is 42.5 Å². The van der Waals surface area contributed by atoms with Gasteiger partial charge in [-0.25, -0.2) is 4.68 Å². The molecule has 0 amide bonds. The molecule has 134 valence electrons. The van der Waals surface area contributed by atoms with Crippen molar-refractivity contribution in [3.05, 3.63) is 70.3 Å². The first-order valence-corrected chi connectivity index (χ1v) is 9.24. The fourth-order valence-corrected chi connectivity index (χ4v) is 3.62. The van der Waals surface area contributed by atoms with E-state index in [1.165, 1.54) is 27.8 Å². The predicted molar refractivity (Wildman–Crippen MR) is 103 cm³/mol. The van der Waals surface area contributed by atoms with E-state index in [1.807, 2.05) is 4.68 Å². The number of rotatable bonds is 3. The van der Waals surface area contributed by atoms with Crippen LogP contribution in [-0.4, -0.2) is 20.2 Å². The lowest BCUT2D eigenvalue weighted by Crippen LogP contribution is -2.28. The number of tetrazole rings is 1. The van der Waals surface area contributed by atoms with Gasteiger partial charge in [-0.2, -0.15) is 0 Å². The van der Waals surface area contributed by atoms with E-state index in [9.17, 15) is 0 Å². The molecule has 0 spiro atoms. The van der Waals surface area contributed by atoms with Crippen molar-refractivity contribution in [1.82, 2.24) is 20.2 Å². The van der Waals surface area contributed by atoms with Gasteiger partial charge in [-0.1, -0.05) is 61.4 Å². The van der Waals surface area contributed by atoms with Crippen LogP contribution in [0.25, 0.3) is 0 Å². The molecule has 5 heteroatoms. The summed E-state index contributed by atoms with van der Waals surface area (Å²) in [5, 5.41) is 15.8.